The van der Waals surface area contributed by atoms with Gasteiger partial charge in [0.05, 0.1) is 18.2 Å². The van der Waals surface area contributed by atoms with Crippen LogP contribution in [0.15, 0.2) is 32.8 Å². The first-order valence-corrected chi connectivity index (χ1v) is 8.23. The lowest BCUT2D eigenvalue weighted by molar-refractivity contribution is 0.477. The van der Waals surface area contributed by atoms with Gasteiger partial charge in [0.2, 0.25) is 0 Å². The maximum atomic E-state index is 12.7. The zero-order valence-electron chi connectivity index (χ0n) is 11.5. The molecule has 0 N–H and O–H groups in total. The summed E-state index contributed by atoms with van der Waals surface area (Å²) in [6.45, 7) is 4.42. The lowest BCUT2D eigenvalue weighted by Gasteiger charge is -2.09. The van der Waals surface area contributed by atoms with Gasteiger partial charge in [-0.3, -0.25) is 9.36 Å². The Balaban J connectivity index is 2.26. The van der Waals surface area contributed by atoms with Gasteiger partial charge in [0.15, 0.2) is 5.16 Å². The minimum Gasteiger partial charge on any atom is -0.467 e. The predicted octanol–water partition coefficient (Wildman–Crippen LogP) is 3.44. The van der Waals surface area contributed by atoms with Crippen molar-refractivity contribution in [1.82, 2.24) is 9.55 Å². The van der Waals surface area contributed by atoms with Crippen LogP contribution in [-0.2, 0) is 6.54 Å². The lowest BCUT2D eigenvalue weighted by Crippen LogP contribution is -2.23. The van der Waals surface area contributed by atoms with E-state index >= 15 is 0 Å². The Morgan fingerprint density at radius 2 is 2.25 bits per heavy atom. The first kappa shape index (κ1) is 13.5. The van der Waals surface area contributed by atoms with Crippen LogP contribution in [0, 0.1) is 13.8 Å². The van der Waals surface area contributed by atoms with Crippen molar-refractivity contribution in [3.05, 3.63) is 45.0 Å². The number of hydrogen-bond donors (Lipinski definition) is 0. The van der Waals surface area contributed by atoms with E-state index in [0.717, 1.165) is 31.6 Å². The van der Waals surface area contributed by atoms with Gasteiger partial charge in [-0.25, -0.2) is 4.98 Å². The van der Waals surface area contributed by atoms with Gasteiger partial charge in [-0.15, -0.1) is 11.3 Å². The second-order valence-corrected chi connectivity index (χ2v) is 6.51. The van der Waals surface area contributed by atoms with Gasteiger partial charge >= 0.3 is 0 Å². The van der Waals surface area contributed by atoms with Crippen LogP contribution < -0.4 is 5.56 Å². The molecule has 0 amide bonds. The molecule has 0 spiro atoms. The molecule has 20 heavy (non-hydrogen) atoms. The first-order chi connectivity index (χ1) is 9.61. The van der Waals surface area contributed by atoms with E-state index in [1.165, 1.54) is 11.8 Å². The molecule has 3 rings (SSSR count). The number of thioether (sulfide) groups is 1. The highest BCUT2D eigenvalue weighted by molar-refractivity contribution is 7.98. The highest BCUT2D eigenvalue weighted by Crippen LogP contribution is 2.28. The van der Waals surface area contributed by atoms with Crippen molar-refractivity contribution < 1.29 is 4.42 Å². The number of rotatable bonds is 3. The normalized spacial score (nSPS) is 11.3. The van der Waals surface area contributed by atoms with Crippen LogP contribution in [0.1, 0.15) is 16.2 Å². The summed E-state index contributed by atoms with van der Waals surface area (Å²) in [6.07, 6.45) is 3.55. The second kappa shape index (κ2) is 5.10. The molecule has 4 nitrogen and oxygen atoms in total. The van der Waals surface area contributed by atoms with E-state index in [2.05, 4.69) is 4.98 Å². The Kier molecular flexibility index (Phi) is 3.43. The zero-order valence-corrected chi connectivity index (χ0v) is 13.1. The van der Waals surface area contributed by atoms with Crippen molar-refractivity contribution in [3.63, 3.8) is 0 Å². The molecule has 3 aromatic heterocycles. The lowest BCUT2D eigenvalue weighted by atomic mass is 10.2. The Bertz CT molecular complexity index is 816. The van der Waals surface area contributed by atoms with Crippen molar-refractivity contribution in [1.29, 1.82) is 0 Å². The largest absolute Gasteiger partial charge is 0.467 e. The van der Waals surface area contributed by atoms with Crippen LogP contribution >= 0.6 is 23.1 Å². The monoisotopic (exact) mass is 306 g/mol. The van der Waals surface area contributed by atoms with Gasteiger partial charge in [0.25, 0.3) is 5.56 Å². The van der Waals surface area contributed by atoms with Crippen LogP contribution in [-0.4, -0.2) is 15.8 Å². The molecule has 0 saturated carbocycles. The average Bonchev–Trinajstić information content (AvgIpc) is 3.02. The third-order valence-electron chi connectivity index (χ3n) is 3.33. The molecule has 3 heterocycles. The van der Waals surface area contributed by atoms with Crippen molar-refractivity contribution >= 4 is 33.3 Å². The Labute approximate surface area is 124 Å². The van der Waals surface area contributed by atoms with Gasteiger partial charge in [-0.1, -0.05) is 11.8 Å². The summed E-state index contributed by atoms with van der Waals surface area (Å²) in [5.74, 6) is 0.758. The smallest absolute Gasteiger partial charge is 0.263 e. The summed E-state index contributed by atoms with van der Waals surface area (Å²) >= 11 is 3.06. The van der Waals surface area contributed by atoms with E-state index in [4.69, 9.17) is 4.42 Å². The molecule has 0 aliphatic rings. The minimum absolute atomic E-state index is 0.0117. The van der Waals surface area contributed by atoms with Gasteiger partial charge in [0, 0.05) is 4.88 Å². The highest BCUT2D eigenvalue weighted by atomic mass is 32.2. The van der Waals surface area contributed by atoms with Crippen LogP contribution in [0.5, 0.6) is 0 Å². The maximum Gasteiger partial charge on any atom is 0.263 e. The van der Waals surface area contributed by atoms with E-state index in [1.54, 1.807) is 22.2 Å². The predicted molar refractivity (Wildman–Crippen MR) is 82.9 cm³/mol. The summed E-state index contributed by atoms with van der Waals surface area (Å²) in [4.78, 5) is 19.3. The number of fused-ring (bicyclic) bond motifs is 1. The van der Waals surface area contributed by atoms with Crippen LogP contribution in [0.4, 0.5) is 0 Å². The van der Waals surface area contributed by atoms with Crippen molar-refractivity contribution in [3.8, 4) is 0 Å². The van der Waals surface area contributed by atoms with Gasteiger partial charge < -0.3 is 4.42 Å². The molecule has 0 aliphatic carbocycles. The molecule has 0 aliphatic heterocycles. The third-order valence-corrected chi connectivity index (χ3v) is 5.11. The van der Waals surface area contributed by atoms with Gasteiger partial charge in [0.1, 0.15) is 10.6 Å². The molecular weight excluding hydrogens is 292 g/mol. The van der Waals surface area contributed by atoms with Gasteiger partial charge in [-0.2, -0.15) is 0 Å². The van der Waals surface area contributed by atoms with Crippen LogP contribution in [0.25, 0.3) is 10.2 Å². The number of aryl methyl sites for hydroxylation is 2. The molecule has 0 aromatic carbocycles. The molecule has 0 saturated heterocycles. The van der Waals surface area contributed by atoms with Crippen molar-refractivity contribution in [2.45, 2.75) is 25.5 Å². The SMILES string of the molecule is CSc1nc2sc(C)c(C)c2c(=O)n1Cc1ccco1. The topological polar surface area (TPSA) is 48.0 Å². The van der Waals surface area contributed by atoms with E-state index in [9.17, 15) is 4.79 Å². The molecule has 6 heteroatoms. The third kappa shape index (κ3) is 2.09. The summed E-state index contributed by atoms with van der Waals surface area (Å²) in [6, 6.07) is 3.69. The summed E-state index contributed by atoms with van der Waals surface area (Å²) in [5, 5.41) is 1.46. The molecule has 3 aromatic rings. The number of furan rings is 1. The molecular formula is C14H14N2O2S2. The minimum atomic E-state index is 0.0117. The first-order valence-electron chi connectivity index (χ1n) is 6.18. The Morgan fingerprint density at radius 3 is 2.90 bits per heavy atom. The number of aromatic nitrogens is 2. The second-order valence-electron chi connectivity index (χ2n) is 4.53. The maximum absolute atomic E-state index is 12.7. The molecule has 0 atom stereocenters. The highest BCUT2D eigenvalue weighted by Gasteiger charge is 2.16. The average molecular weight is 306 g/mol. The Morgan fingerprint density at radius 1 is 1.45 bits per heavy atom. The van der Waals surface area contributed by atoms with Crippen LogP contribution in [0.2, 0.25) is 0 Å². The molecule has 0 bridgehead atoms. The van der Waals surface area contributed by atoms with E-state index < -0.39 is 0 Å². The van der Waals surface area contributed by atoms with E-state index in [1.807, 2.05) is 32.2 Å². The van der Waals surface area contributed by atoms with E-state index in [-0.39, 0.29) is 5.56 Å². The quantitative estimate of drug-likeness (QED) is 0.549. The summed E-state index contributed by atoms with van der Waals surface area (Å²) in [5.41, 5.74) is 1.04. The van der Waals surface area contributed by atoms with E-state index in [0.29, 0.717) is 6.54 Å². The van der Waals surface area contributed by atoms with Crippen molar-refractivity contribution in [2.24, 2.45) is 0 Å². The summed E-state index contributed by atoms with van der Waals surface area (Å²) < 4.78 is 7.03. The fraction of sp³-hybridized carbons (Fsp3) is 0.286. The standard InChI is InChI=1S/C14H14N2O2S2/c1-8-9(2)20-12-11(8)13(17)16(14(15-12)19-3)7-10-5-4-6-18-10/h4-6H,7H2,1-3H3. The fourth-order valence-corrected chi connectivity index (χ4v) is 3.79. The molecule has 0 unspecified atom stereocenters. The van der Waals surface area contributed by atoms with Gasteiger partial charge in [-0.05, 0) is 37.8 Å². The Hall–Kier alpha value is -1.53. The molecule has 0 radical (unpaired) electrons. The van der Waals surface area contributed by atoms with Crippen LogP contribution in [0.3, 0.4) is 0 Å². The number of nitrogens with zero attached hydrogens (tertiary/aromatic N) is 2. The van der Waals surface area contributed by atoms with Crippen molar-refractivity contribution in [2.75, 3.05) is 6.26 Å². The number of hydrogen-bond acceptors (Lipinski definition) is 5. The number of thiophene rings is 1. The fourth-order valence-electron chi connectivity index (χ4n) is 2.16. The molecule has 0 fully saturated rings. The zero-order chi connectivity index (χ0) is 14.3. The molecule has 104 valence electrons. The summed E-state index contributed by atoms with van der Waals surface area (Å²) in [7, 11) is 0.